The lowest BCUT2D eigenvalue weighted by Crippen LogP contribution is -2.21. The molecule has 1 heterocycles. The summed E-state index contributed by atoms with van der Waals surface area (Å²) < 4.78 is 15.7. The first-order valence-electron chi connectivity index (χ1n) is 8.87. The second-order valence-corrected chi connectivity index (χ2v) is 6.63. The molecule has 0 bridgehead atoms. The summed E-state index contributed by atoms with van der Waals surface area (Å²) in [6.07, 6.45) is 0. The van der Waals surface area contributed by atoms with Crippen LogP contribution >= 0.6 is 11.6 Å². The van der Waals surface area contributed by atoms with Gasteiger partial charge in [-0.2, -0.15) is 0 Å². The van der Waals surface area contributed by atoms with Crippen molar-refractivity contribution in [3.05, 3.63) is 62.9 Å². The van der Waals surface area contributed by atoms with E-state index in [4.69, 9.17) is 25.5 Å². The summed E-state index contributed by atoms with van der Waals surface area (Å²) in [7, 11) is 0. The van der Waals surface area contributed by atoms with E-state index >= 15 is 0 Å². The molecule has 0 unspecified atom stereocenters. The predicted molar refractivity (Wildman–Crippen MR) is 109 cm³/mol. The molecule has 0 spiro atoms. The van der Waals surface area contributed by atoms with Gasteiger partial charge in [-0.25, -0.2) is 4.79 Å². The number of carbonyl (C=O) groups is 2. The lowest BCUT2D eigenvalue weighted by molar-refractivity contribution is -0.384. The van der Waals surface area contributed by atoms with Gasteiger partial charge in [0.2, 0.25) is 5.76 Å². The first-order valence-corrected chi connectivity index (χ1v) is 9.24. The van der Waals surface area contributed by atoms with Crippen molar-refractivity contribution in [1.82, 2.24) is 0 Å². The van der Waals surface area contributed by atoms with Gasteiger partial charge in [-0.1, -0.05) is 11.6 Å². The van der Waals surface area contributed by atoms with E-state index in [-0.39, 0.29) is 17.1 Å². The maximum Gasteiger partial charge on any atom is 0.375 e. The first-order chi connectivity index (χ1) is 14.3. The van der Waals surface area contributed by atoms with Crippen LogP contribution in [0.25, 0.3) is 11.0 Å². The highest BCUT2D eigenvalue weighted by Crippen LogP contribution is 2.30. The van der Waals surface area contributed by atoms with Gasteiger partial charge in [-0.05, 0) is 44.2 Å². The standard InChI is InChI=1S/C20H17ClN2O7/c1-3-28-13-5-6-15(16(9-13)23(26)27)22-18(24)10-29-20(25)19-11(2)14-8-12(21)4-7-17(14)30-19/h4-9H,3,10H2,1-2H3,(H,22,24). The number of nitro groups is 1. The zero-order valence-corrected chi connectivity index (χ0v) is 16.8. The fraction of sp³-hybridized carbons (Fsp3) is 0.200. The van der Waals surface area contributed by atoms with Crippen molar-refractivity contribution in [3.63, 3.8) is 0 Å². The normalized spacial score (nSPS) is 10.6. The molecule has 0 fully saturated rings. The van der Waals surface area contributed by atoms with Crippen molar-refractivity contribution in [1.29, 1.82) is 0 Å². The number of esters is 1. The zero-order valence-electron chi connectivity index (χ0n) is 16.1. The number of hydrogen-bond acceptors (Lipinski definition) is 7. The third kappa shape index (κ3) is 4.52. The molecular formula is C20H17ClN2O7. The maximum atomic E-state index is 12.3. The van der Waals surface area contributed by atoms with Gasteiger partial charge in [-0.15, -0.1) is 0 Å². The predicted octanol–water partition coefficient (Wildman–Crippen LogP) is 4.50. The van der Waals surface area contributed by atoms with E-state index in [1.54, 1.807) is 32.0 Å². The van der Waals surface area contributed by atoms with Gasteiger partial charge in [0.25, 0.3) is 11.6 Å². The Bertz CT molecular complexity index is 1140. The lowest BCUT2D eigenvalue weighted by Gasteiger charge is -2.08. The van der Waals surface area contributed by atoms with Crippen LogP contribution in [0.5, 0.6) is 5.75 Å². The molecule has 9 nitrogen and oxygen atoms in total. The number of amides is 1. The number of benzene rings is 2. The zero-order chi connectivity index (χ0) is 21.8. The summed E-state index contributed by atoms with van der Waals surface area (Å²) in [6, 6.07) is 8.94. The van der Waals surface area contributed by atoms with Crippen molar-refractivity contribution in [2.75, 3.05) is 18.5 Å². The monoisotopic (exact) mass is 432 g/mol. The van der Waals surface area contributed by atoms with Crippen LogP contribution in [-0.2, 0) is 9.53 Å². The minimum atomic E-state index is -0.837. The number of ether oxygens (including phenoxy) is 2. The molecule has 0 aliphatic rings. The fourth-order valence-electron chi connectivity index (χ4n) is 2.80. The minimum Gasteiger partial charge on any atom is -0.494 e. The van der Waals surface area contributed by atoms with Crippen molar-refractivity contribution in [2.24, 2.45) is 0 Å². The van der Waals surface area contributed by atoms with Gasteiger partial charge in [0.05, 0.1) is 17.6 Å². The van der Waals surface area contributed by atoms with Crippen LogP contribution < -0.4 is 10.1 Å². The molecule has 0 radical (unpaired) electrons. The van der Waals surface area contributed by atoms with E-state index in [2.05, 4.69) is 5.32 Å². The topological polar surface area (TPSA) is 121 Å². The van der Waals surface area contributed by atoms with Crippen molar-refractivity contribution < 1.29 is 28.4 Å². The highest BCUT2D eigenvalue weighted by molar-refractivity contribution is 6.31. The Morgan fingerprint density at radius 3 is 2.70 bits per heavy atom. The molecule has 0 aliphatic heterocycles. The Balaban J connectivity index is 1.68. The van der Waals surface area contributed by atoms with Crippen molar-refractivity contribution in [2.45, 2.75) is 13.8 Å². The Morgan fingerprint density at radius 1 is 1.23 bits per heavy atom. The van der Waals surface area contributed by atoms with E-state index < -0.39 is 23.4 Å². The van der Waals surface area contributed by atoms with Gasteiger partial charge in [0.1, 0.15) is 17.0 Å². The Hall–Kier alpha value is -3.59. The largest absolute Gasteiger partial charge is 0.494 e. The van der Waals surface area contributed by atoms with Crippen LogP contribution in [0.4, 0.5) is 11.4 Å². The Kier molecular flexibility index (Phi) is 6.22. The maximum absolute atomic E-state index is 12.3. The van der Waals surface area contributed by atoms with Crippen LogP contribution in [0.2, 0.25) is 5.02 Å². The van der Waals surface area contributed by atoms with Gasteiger partial charge < -0.3 is 19.2 Å². The summed E-state index contributed by atoms with van der Waals surface area (Å²) in [5.41, 5.74) is 0.600. The molecule has 1 aromatic heterocycles. The Labute approximate surface area is 175 Å². The van der Waals surface area contributed by atoms with Gasteiger partial charge >= 0.3 is 5.97 Å². The molecular weight excluding hydrogens is 416 g/mol. The fourth-order valence-corrected chi connectivity index (χ4v) is 2.97. The highest BCUT2D eigenvalue weighted by atomic mass is 35.5. The molecule has 10 heteroatoms. The average Bonchev–Trinajstić information content (AvgIpc) is 3.03. The molecule has 0 aliphatic carbocycles. The smallest absolute Gasteiger partial charge is 0.375 e. The molecule has 1 N–H and O–H groups in total. The van der Waals surface area contributed by atoms with Crippen LogP contribution in [0.3, 0.4) is 0 Å². The summed E-state index contributed by atoms with van der Waals surface area (Å²) >= 11 is 5.95. The van der Waals surface area contributed by atoms with Gasteiger partial charge in [0.15, 0.2) is 6.61 Å². The third-order valence-electron chi connectivity index (χ3n) is 4.17. The van der Waals surface area contributed by atoms with Crippen LogP contribution in [0.1, 0.15) is 23.0 Å². The summed E-state index contributed by atoms with van der Waals surface area (Å²) in [5.74, 6) is -1.33. The molecule has 2 aromatic carbocycles. The Morgan fingerprint density at radius 2 is 2.00 bits per heavy atom. The van der Waals surface area contributed by atoms with Crippen LogP contribution in [0.15, 0.2) is 40.8 Å². The number of nitrogens with one attached hydrogen (secondary N) is 1. The van der Waals surface area contributed by atoms with E-state index in [0.29, 0.717) is 33.9 Å². The molecule has 30 heavy (non-hydrogen) atoms. The van der Waals surface area contributed by atoms with Crippen molar-refractivity contribution in [3.8, 4) is 5.75 Å². The molecule has 156 valence electrons. The number of hydrogen-bond donors (Lipinski definition) is 1. The lowest BCUT2D eigenvalue weighted by atomic mass is 10.1. The van der Waals surface area contributed by atoms with E-state index in [9.17, 15) is 19.7 Å². The number of rotatable bonds is 7. The third-order valence-corrected chi connectivity index (χ3v) is 4.40. The molecule has 3 rings (SSSR count). The quantitative estimate of drug-likeness (QED) is 0.331. The second kappa shape index (κ2) is 8.83. The van der Waals surface area contributed by atoms with Crippen LogP contribution in [-0.4, -0.2) is 30.0 Å². The molecule has 0 saturated heterocycles. The molecule has 0 saturated carbocycles. The van der Waals surface area contributed by atoms with Gasteiger partial charge in [-0.3, -0.25) is 14.9 Å². The van der Waals surface area contributed by atoms with Crippen molar-refractivity contribution >= 4 is 45.8 Å². The number of halogens is 1. The van der Waals surface area contributed by atoms with Crippen LogP contribution in [0, 0.1) is 17.0 Å². The molecule has 1 amide bonds. The van der Waals surface area contributed by atoms with E-state index in [1.165, 1.54) is 18.2 Å². The second-order valence-electron chi connectivity index (χ2n) is 6.19. The average molecular weight is 433 g/mol. The number of furan rings is 1. The molecule has 0 atom stereocenters. The molecule has 3 aromatic rings. The first kappa shape index (κ1) is 21.1. The number of aryl methyl sites for hydroxylation is 1. The highest BCUT2D eigenvalue weighted by Gasteiger charge is 2.22. The summed E-state index contributed by atoms with van der Waals surface area (Å²) in [6.45, 7) is 3.10. The number of anilines is 1. The van der Waals surface area contributed by atoms with E-state index in [0.717, 1.165) is 0 Å². The van der Waals surface area contributed by atoms with Gasteiger partial charge in [0, 0.05) is 16.0 Å². The summed E-state index contributed by atoms with van der Waals surface area (Å²) in [4.78, 5) is 35.1. The minimum absolute atomic E-state index is 0.0425. The number of fused-ring (bicyclic) bond motifs is 1. The number of carbonyl (C=O) groups excluding carboxylic acids is 2. The summed E-state index contributed by atoms with van der Waals surface area (Å²) in [5, 5.41) is 14.7. The SMILES string of the molecule is CCOc1ccc(NC(=O)COC(=O)c2oc3ccc(Cl)cc3c2C)c([N+](=O)[O-])c1. The number of nitro benzene ring substituents is 1. The number of nitrogens with zero attached hydrogens (tertiary/aromatic N) is 1. The van der Waals surface area contributed by atoms with E-state index in [1.807, 2.05) is 0 Å².